The molecule has 2 amide bonds. The Labute approximate surface area is 180 Å². The third-order valence-corrected chi connectivity index (χ3v) is 4.78. The van der Waals surface area contributed by atoms with Gasteiger partial charge in [0.05, 0.1) is 0 Å². The molecule has 0 saturated carbocycles. The summed E-state index contributed by atoms with van der Waals surface area (Å²) in [7, 11) is 0. The third kappa shape index (κ3) is 5.22. The predicted octanol–water partition coefficient (Wildman–Crippen LogP) is 3.87. The maximum atomic E-state index is 12.5. The van der Waals surface area contributed by atoms with E-state index in [9.17, 15) is 14.7 Å². The van der Waals surface area contributed by atoms with Crippen LogP contribution in [0.3, 0.4) is 0 Å². The maximum Gasteiger partial charge on any atom is 0.412 e. The SMILES string of the molecule is C[C@@H](/C=C/C(=O)NO)[C@H](OC(=O)Nc1ccc2c(c1)OCO2)c1cc(Br)ccc1O. The van der Waals surface area contributed by atoms with E-state index >= 15 is 0 Å². The zero-order valence-electron chi connectivity index (χ0n) is 15.8. The molecule has 0 unspecified atom stereocenters. The van der Waals surface area contributed by atoms with E-state index in [2.05, 4.69) is 21.2 Å². The summed E-state index contributed by atoms with van der Waals surface area (Å²) in [5.74, 6) is -0.258. The molecule has 3 rings (SSSR count). The van der Waals surface area contributed by atoms with Crippen LogP contribution in [0.15, 0.2) is 53.0 Å². The van der Waals surface area contributed by atoms with Crippen molar-refractivity contribution in [1.82, 2.24) is 5.48 Å². The highest BCUT2D eigenvalue weighted by molar-refractivity contribution is 9.10. The van der Waals surface area contributed by atoms with Crippen molar-refractivity contribution in [1.29, 1.82) is 0 Å². The first-order chi connectivity index (χ1) is 14.4. The van der Waals surface area contributed by atoms with Gasteiger partial charge in [-0.05, 0) is 30.3 Å². The van der Waals surface area contributed by atoms with Crippen LogP contribution in [0.2, 0.25) is 0 Å². The molecule has 0 fully saturated rings. The first-order valence-electron chi connectivity index (χ1n) is 8.85. The molecule has 1 heterocycles. The second kappa shape index (κ2) is 9.51. The molecule has 4 N–H and O–H groups in total. The van der Waals surface area contributed by atoms with Gasteiger partial charge in [-0.3, -0.25) is 15.3 Å². The fraction of sp³-hybridized carbons (Fsp3) is 0.200. The number of anilines is 1. The Kier molecular flexibility index (Phi) is 6.80. The van der Waals surface area contributed by atoms with Crippen molar-refractivity contribution in [2.45, 2.75) is 13.0 Å². The smallest absolute Gasteiger partial charge is 0.412 e. The number of aromatic hydroxyl groups is 1. The van der Waals surface area contributed by atoms with Gasteiger partial charge in [-0.15, -0.1) is 0 Å². The number of halogens is 1. The molecular weight excluding hydrogens is 460 g/mol. The van der Waals surface area contributed by atoms with E-state index in [1.165, 1.54) is 17.6 Å². The molecule has 1 aliphatic rings. The Morgan fingerprint density at radius 2 is 1.97 bits per heavy atom. The average molecular weight is 479 g/mol. The number of phenols is 1. The minimum Gasteiger partial charge on any atom is -0.508 e. The molecule has 0 bridgehead atoms. The fourth-order valence-corrected chi connectivity index (χ4v) is 3.20. The van der Waals surface area contributed by atoms with E-state index in [4.69, 9.17) is 19.4 Å². The molecule has 0 radical (unpaired) electrons. The monoisotopic (exact) mass is 478 g/mol. The number of carbonyl (C=O) groups excluding carboxylic acids is 2. The van der Waals surface area contributed by atoms with Crippen molar-refractivity contribution in [2.24, 2.45) is 5.92 Å². The zero-order chi connectivity index (χ0) is 21.7. The second-order valence-electron chi connectivity index (χ2n) is 6.42. The van der Waals surface area contributed by atoms with Gasteiger partial charge in [-0.2, -0.15) is 0 Å². The molecule has 2 aromatic rings. The van der Waals surface area contributed by atoms with Crippen molar-refractivity contribution in [3.8, 4) is 17.2 Å². The van der Waals surface area contributed by atoms with Crippen LogP contribution in [0.5, 0.6) is 17.2 Å². The molecule has 1 aliphatic heterocycles. The number of fused-ring (bicyclic) bond motifs is 1. The standard InChI is InChI=1S/C20H19BrN2O7/c1-11(2-7-18(25)23-27)19(14-8-12(21)3-5-15(14)24)30-20(26)22-13-4-6-16-17(9-13)29-10-28-16/h2-9,11,19,24,27H,10H2,1H3,(H,22,26)(H,23,25)/b7-2+/t11-,19-/m0/s1. The van der Waals surface area contributed by atoms with E-state index in [1.54, 1.807) is 37.3 Å². The predicted molar refractivity (Wildman–Crippen MR) is 109 cm³/mol. The molecule has 0 saturated heterocycles. The van der Waals surface area contributed by atoms with Gasteiger partial charge in [0.1, 0.15) is 11.9 Å². The van der Waals surface area contributed by atoms with Crippen LogP contribution in [-0.4, -0.2) is 29.1 Å². The number of benzene rings is 2. The Morgan fingerprint density at radius 3 is 2.73 bits per heavy atom. The first-order valence-corrected chi connectivity index (χ1v) is 9.64. The number of amides is 2. The first kappa shape index (κ1) is 21.5. The maximum absolute atomic E-state index is 12.5. The molecule has 2 aromatic carbocycles. The molecule has 158 valence electrons. The third-order valence-electron chi connectivity index (χ3n) is 4.29. The molecule has 0 aliphatic carbocycles. The highest BCUT2D eigenvalue weighted by Gasteiger charge is 2.26. The number of phenolic OH excluding ortho intramolecular Hbond substituents is 1. The van der Waals surface area contributed by atoms with Crippen molar-refractivity contribution < 1.29 is 34.1 Å². The molecule has 0 spiro atoms. The van der Waals surface area contributed by atoms with Gasteiger partial charge in [0, 0.05) is 33.8 Å². The zero-order valence-corrected chi connectivity index (χ0v) is 17.4. The van der Waals surface area contributed by atoms with Crippen LogP contribution in [0, 0.1) is 5.92 Å². The summed E-state index contributed by atoms with van der Waals surface area (Å²) in [4.78, 5) is 23.9. The van der Waals surface area contributed by atoms with E-state index in [0.29, 0.717) is 27.2 Å². The summed E-state index contributed by atoms with van der Waals surface area (Å²) >= 11 is 3.33. The van der Waals surface area contributed by atoms with Crippen LogP contribution in [0.4, 0.5) is 10.5 Å². The van der Waals surface area contributed by atoms with Crippen molar-refractivity contribution >= 4 is 33.6 Å². The lowest BCUT2D eigenvalue weighted by molar-refractivity contribution is -0.124. The summed E-state index contributed by atoms with van der Waals surface area (Å²) in [6.07, 6.45) is 0.848. The van der Waals surface area contributed by atoms with Crippen molar-refractivity contribution in [3.05, 3.63) is 58.6 Å². The summed E-state index contributed by atoms with van der Waals surface area (Å²) in [6.45, 7) is 1.80. The molecule has 9 nitrogen and oxygen atoms in total. The van der Waals surface area contributed by atoms with Gasteiger partial charge >= 0.3 is 6.09 Å². The molecule has 0 aromatic heterocycles. The number of ether oxygens (including phenoxy) is 3. The summed E-state index contributed by atoms with van der Waals surface area (Å²) in [5.41, 5.74) is 2.26. The van der Waals surface area contributed by atoms with Crippen molar-refractivity contribution in [3.63, 3.8) is 0 Å². The number of nitrogens with one attached hydrogen (secondary N) is 2. The van der Waals surface area contributed by atoms with Gasteiger partial charge in [0.25, 0.3) is 5.91 Å². The van der Waals surface area contributed by atoms with Crippen LogP contribution >= 0.6 is 15.9 Å². The van der Waals surface area contributed by atoms with Crippen LogP contribution in [0.1, 0.15) is 18.6 Å². The van der Waals surface area contributed by atoms with Gasteiger partial charge in [0.15, 0.2) is 11.5 Å². The summed E-state index contributed by atoms with van der Waals surface area (Å²) in [5, 5.41) is 21.5. The number of hydroxylamine groups is 1. The van der Waals surface area contributed by atoms with Gasteiger partial charge in [-0.1, -0.05) is 28.9 Å². The van der Waals surface area contributed by atoms with Crippen molar-refractivity contribution in [2.75, 3.05) is 12.1 Å². The molecule has 30 heavy (non-hydrogen) atoms. The van der Waals surface area contributed by atoms with Crippen LogP contribution in [-0.2, 0) is 9.53 Å². The largest absolute Gasteiger partial charge is 0.508 e. The van der Waals surface area contributed by atoms with Crippen LogP contribution in [0.25, 0.3) is 0 Å². The van der Waals surface area contributed by atoms with Crippen LogP contribution < -0.4 is 20.3 Å². The average Bonchev–Trinajstić information content (AvgIpc) is 3.19. The van der Waals surface area contributed by atoms with Gasteiger partial charge < -0.3 is 19.3 Å². The highest BCUT2D eigenvalue weighted by atomic mass is 79.9. The highest BCUT2D eigenvalue weighted by Crippen LogP contribution is 2.37. The summed E-state index contributed by atoms with van der Waals surface area (Å²) < 4.78 is 16.8. The lowest BCUT2D eigenvalue weighted by Gasteiger charge is -2.23. The Bertz CT molecular complexity index is 980. The lowest BCUT2D eigenvalue weighted by Crippen LogP contribution is -2.22. The molecular formula is C20H19BrN2O7. The Balaban J connectivity index is 1.80. The van der Waals surface area contributed by atoms with E-state index in [1.807, 2.05) is 0 Å². The number of carbonyl (C=O) groups is 2. The molecule has 10 heteroatoms. The number of hydrogen-bond donors (Lipinski definition) is 4. The number of hydrogen-bond acceptors (Lipinski definition) is 7. The summed E-state index contributed by atoms with van der Waals surface area (Å²) in [6, 6.07) is 9.61. The Hall–Kier alpha value is -3.24. The van der Waals surface area contributed by atoms with Gasteiger partial charge in [0.2, 0.25) is 6.79 Å². The Morgan fingerprint density at radius 1 is 1.20 bits per heavy atom. The second-order valence-corrected chi connectivity index (χ2v) is 7.33. The van der Waals surface area contributed by atoms with Gasteiger partial charge in [-0.25, -0.2) is 10.3 Å². The fourth-order valence-electron chi connectivity index (χ4n) is 2.82. The lowest BCUT2D eigenvalue weighted by atomic mass is 9.96. The topological polar surface area (TPSA) is 126 Å². The minimum absolute atomic E-state index is 0.0778. The number of rotatable bonds is 6. The quantitative estimate of drug-likeness (QED) is 0.282. The van der Waals surface area contributed by atoms with E-state index < -0.39 is 24.0 Å². The normalized spacial score (nSPS) is 14.2. The van der Waals surface area contributed by atoms with E-state index in [-0.39, 0.29) is 12.5 Å². The van der Waals surface area contributed by atoms with E-state index in [0.717, 1.165) is 6.08 Å². The molecule has 2 atom stereocenters. The minimum atomic E-state index is -0.931.